The maximum absolute atomic E-state index is 12.4. The summed E-state index contributed by atoms with van der Waals surface area (Å²) in [6.07, 6.45) is 0. The van der Waals surface area contributed by atoms with Gasteiger partial charge >= 0.3 is 0 Å². The smallest absolute Gasteiger partial charge is 0.252 e. The molecule has 0 saturated carbocycles. The average molecular weight is 305 g/mol. The molecule has 0 aliphatic rings. The molecule has 0 fully saturated rings. The first-order valence-corrected chi connectivity index (χ1v) is 7.82. The van der Waals surface area contributed by atoms with E-state index in [9.17, 15) is 4.79 Å². The van der Waals surface area contributed by atoms with Crippen molar-refractivity contribution in [1.29, 1.82) is 0 Å². The molecule has 1 aromatic carbocycles. The Morgan fingerprint density at radius 1 is 1.25 bits per heavy atom. The number of rotatable bonds is 3. The second-order valence-corrected chi connectivity index (χ2v) is 7.04. The van der Waals surface area contributed by atoms with Crippen molar-refractivity contribution in [3.8, 4) is 0 Å². The minimum absolute atomic E-state index is 0.00965. The summed E-state index contributed by atoms with van der Waals surface area (Å²) in [4.78, 5) is 15.7. The Morgan fingerprint density at radius 3 is 2.55 bits per heavy atom. The van der Waals surface area contributed by atoms with E-state index in [1.807, 2.05) is 32.0 Å². The molecule has 2 nitrogen and oxygen atoms in total. The van der Waals surface area contributed by atoms with Gasteiger partial charge in [0.1, 0.15) is 0 Å². The highest BCUT2D eigenvalue weighted by atomic mass is 32.1. The summed E-state index contributed by atoms with van der Waals surface area (Å²) in [5.74, 6) is -0.0471. The van der Waals surface area contributed by atoms with Crippen LogP contribution in [0.2, 0.25) is 0 Å². The Balaban J connectivity index is 2.19. The van der Waals surface area contributed by atoms with E-state index < -0.39 is 0 Å². The van der Waals surface area contributed by atoms with Crippen LogP contribution in [0.25, 0.3) is 0 Å². The predicted molar refractivity (Wildman–Crippen MR) is 88.1 cm³/mol. The summed E-state index contributed by atoms with van der Waals surface area (Å²) in [6, 6.07) is 7.78. The Hall–Kier alpha value is -1.26. The molecule has 0 spiro atoms. The second-order valence-electron chi connectivity index (χ2n) is 5.06. The molecule has 0 radical (unpaired) electrons. The first kappa shape index (κ1) is 15.1. The third-order valence-electron chi connectivity index (χ3n) is 3.36. The zero-order valence-corrected chi connectivity index (χ0v) is 13.9. The van der Waals surface area contributed by atoms with E-state index in [1.165, 1.54) is 15.3 Å². The molecular formula is C16H19NOS2. The van der Waals surface area contributed by atoms with Crippen molar-refractivity contribution in [3.63, 3.8) is 0 Å². The van der Waals surface area contributed by atoms with Gasteiger partial charge in [0.25, 0.3) is 5.91 Å². The van der Waals surface area contributed by atoms with E-state index in [-0.39, 0.29) is 11.9 Å². The van der Waals surface area contributed by atoms with Crippen LogP contribution in [0.1, 0.15) is 44.2 Å². The fraction of sp³-hybridized carbons (Fsp3) is 0.312. The quantitative estimate of drug-likeness (QED) is 0.806. The van der Waals surface area contributed by atoms with Gasteiger partial charge in [-0.05, 0) is 57.0 Å². The number of hydrogen-bond acceptors (Lipinski definition) is 3. The van der Waals surface area contributed by atoms with Crippen LogP contribution in [0.3, 0.4) is 0 Å². The molecule has 1 amide bonds. The van der Waals surface area contributed by atoms with Gasteiger partial charge in [-0.15, -0.1) is 24.0 Å². The Labute approximate surface area is 129 Å². The lowest BCUT2D eigenvalue weighted by atomic mass is 10.1. The van der Waals surface area contributed by atoms with Crippen LogP contribution in [0.5, 0.6) is 0 Å². The molecule has 1 aromatic heterocycles. The van der Waals surface area contributed by atoms with E-state index in [0.29, 0.717) is 5.56 Å². The number of nitrogens with one attached hydrogen (secondary N) is 1. The van der Waals surface area contributed by atoms with Crippen molar-refractivity contribution in [2.24, 2.45) is 0 Å². The van der Waals surface area contributed by atoms with Crippen LogP contribution in [-0.4, -0.2) is 5.91 Å². The van der Waals surface area contributed by atoms with Gasteiger partial charge in [-0.25, -0.2) is 0 Å². The van der Waals surface area contributed by atoms with Gasteiger partial charge in [-0.3, -0.25) is 4.79 Å². The van der Waals surface area contributed by atoms with Gasteiger partial charge in [-0.2, -0.15) is 0 Å². The lowest BCUT2D eigenvalue weighted by Crippen LogP contribution is -2.27. The summed E-state index contributed by atoms with van der Waals surface area (Å²) in [6.45, 7) is 8.14. The number of amides is 1. The fourth-order valence-electron chi connectivity index (χ4n) is 2.29. The van der Waals surface area contributed by atoms with Crippen molar-refractivity contribution in [3.05, 3.63) is 50.7 Å². The van der Waals surface area contributed by atoms with Gasteiger partial charge < -0.3 is 5.32 Å². The van der Waals surface area contributed by atoms with Crippen molar-refractivity contribution >= 4 is 29.9 Å². The third-order valence-corrected chi connectivity index (χ3v) is 4.62. The highest BCUT2D eigenvalue weighted by Crippen LogP contribution is 2.26. The van der Waals surface area contributed by atoms with Crippen LogP contribution >= 0.6 is 24.0 Å². The zero-order chi connectivity index (χ0) is 14.9. The number of carbonyl (C=O) groups excluding carboxylic acids is 1. The van der Waals surface area contributed by atoms with Crippen molar-refractivity contribution < 1.29 is 4.79 Å². The Morgan fingerprint density at radius 2 is 1.95 bits per heavy atom. The van der Waals surface area contributed by atoms with Gasteiger partial charge in [0, 0.05) is 20.2 Å². The number of carbonyl (C=O) groups is 1. The lowest BCUT2D eigenvalue weighted by Gasteiger charge is -2.15. The molecule has 4 heteroatoms. The molecule has 0 aliphatic carbocycles. The van der Waals surface area contributed by atoms with Gasteiger partial charge in [-0.1, -0.05) is 6.07 Å². The standard InChI is InChI=1S/C16H19NOS2/c1-9-5-6-13(19)8-14(9)16(18)17-11(3)15-7-10(2)20-12(15)4/h5-8,11,19H,1-4H3,(H,17,18). The fourth-order valence-corrected chi connectivity index (χ4v) is 3.51. The highest BCUT2D eigenvalue weighted by molar-refractivity contribution is 7.80. The highest BCUT2D eigenvalue weighted by Gasteiger charge is 2.16. The molecule has 2 aromatic rings. The molecule has 1 N–H and O–H groups in total. The Kier molecular flexibility index (Phi) is 4.55. The Bertz CT molecular complexity index is 646. The first-order chi connectivity index (χ1) is 9.38. The normalized spacial score (nSPS) is 12.2. The number of hydrogen-bond donors (Lipinski definition) is 2. The molecule has 0 bridgehead atoms. The minimum atomic E-state index is -0.0471. The van der Waals surface area contributed by atoms with Crippen molar-refractivity contribution in [2.45, 2.75) is 38.6 Å². The zero-order valence-electron chi connectivity index (χ0n) is 12.2. The molecule has 106 valence electrons. The number of thiol groups is 1. The van der Waals surface area contributed by atoms with Gasteiger partial charge in [0.15, 0.2) is 0 Å². The average Bonchev–Trinajstić information content (AvgIpc) is 2.71. The summed E-state index contributed by atoms with van der Waals surface area (Å²) in [5, 5.41) is 3.07. The van der Waals surface area contributed by atoms with Crippen LogP contribution < -0.4 is 5.32 Å². The summed E-state index contributed by atoms with van der Waals surface area (Å²) < 4.78 is 0. The molecule has 20 heavy (non-hydrogen) atoms. The maximum atomic E-state index is 12.4. The number of aryl methyl sites for hydroxylation is 3. The molecule has 1 heterocycles. The molecule has 1 unspecified atom stereocenters. The van der Waals surface area contributed by atoms with Crippen LogP contribution in [0, 0.1) is 20.8 Å². The van der Waals surface area contributed by atoms with E-state index in [2.05, 4.69) is 37.9 Å². The van der Waals surface area contributed by atoms with E-state index in [4.69, 9.17) is 0 Å². The SMILES string of the molecule is Cc1cc(C(C)NC(=O)c2cc(S)ccc2C)c(C)s1. The maximum Gasteiger partial charge on any atom is 0.252 e. The summed E-state index contributed by atoms with van der Waals surface area (Å²) >= 11 is 6.06. The van der Waals surface area contributed by atoms with E-state index >= 15 is 0 Å². The van der Waals surface area contributed by atoms with Crippen LogP contribution in [-0.2, 0) is 0 Å². The molecule has 0 saturated heterocycles. The number of thiophene rings is 1. The summed E-state index contributed by atoms with van der Waals surface area (Å²) in [5.41, 5.74) is 2.85. The van der Waals surface area contributed by atoms with E-state index in [0.717, 1.165) is 10.5 Å². The molecular weight excluding hydrogens is 286 g/mol. The van der Waals surface area contributed by atoms with E-state index in [1.54, 1.807) is 11.3 Å². The topological polar surface area (TPSA) is 29.1 Å². The van der Waals surface area contributed by atoms with Gasteiger partial charge in [0.05, 0.1) is 6.04 Å². The van der Waals surface area contributed by atoms with Crippen molar-refractivity contribution in [2.75, 3.05) is 0 Å². The first-order valence-electron chi connectivity index (χ1n) is 6.56. The molecule has 0 aliphatic heterocycles. The second kappa shape index (κ2) is 6.02. The van der Waals surface area contributed by atoms with Crippen LogP contribution in [0.15, 0.2) is 29.2 Å². The monoisotopic (exact) mass is 305 g/mol. The van der Waals surface area contributed by atoms with Gasteiger partial charge in [0.2, 0.25) is 0 Å². The minimum Gasteiger partial charge on any atom is -0.345 e. The van der Waals surface area contributed by atoms with Crippen molar-refractivity contribution in [1.82, 2.24) is 5.32 Å². The summed E-state index contributed by atoms with van der Waals surface area (Å²) in [7, 11) is 0. The predicted octanol–water partition coefficient (Wildman–Crippen LogP) is 4.45. The number of benzene rings is 1. The molecule has 1 atom stereocenters. The largest absolute Gasteiger partial charge is 0.345 e. The van der Waals surface area contributed by atoms with Crippen LogP contribution in [0.4, 0.5) is 0 Å². The third kappa shape index (κ3) is 3.25. The lowest BCUT2D eigenvalue weighted by molar-refractivity contribution is 0.0939. The molecule has 2 rings (SSSR count).